The minimum absolute atomic E-state index is 0.217. The van der Waals surface area contributed by atoms with Crippen molar-refractivity contribution in [2.75, 3.05) is 12.4 Å². The number of hydrogen-bond donors (Lipinski definition) is 1. The van der Waals surface area contributed by atoms with Gasteiger partial charge in [-0.1, -0.05) is 42.1 Å². The molecule has 2 aromatic carbocycles. The van der Waals surface area contributed by atoms with Crippen LogP contribution in [0.3, 0.4) is 0 Å². The lowest BCUT2D eigenvalue weighted by Crippen LogP contribution is -2.14. The fourth-order valence-electron chi connectivity index (χ4n) is 2.18. The van der Waals surface area contributed by atoms with Gasteiger partial charge in [-0.25, -0.2) is 4.98 Å². The molecular formula is C19H16N2O2S. The van der Waals surface area contributed by atoms with Gasteiger partial charge in [-0.05, 0) is 36.4 Å². The van der Waals surface area contributed by atoms with Crippen molar-refractivity contribution >= 4 is 23.4 Å². The van der Waals surface area contributed by atoms with Crippen molar-refractivity contribution in [3.63, 3.8) is 0 Å². The highest BCUT2D eigenvalue weighted by atomic mass is 32.2. The molecule has 0 aliphatic rings. The lowest BCUT2D eigenvalue weighted by atomic mass is 10.2. The Kier molecular flexibility index (Phi) is 5.13. The zero-order chi connectivity index (χ0) is 16.8. The molecule has 5 heteroatoms. The zero-order valence-corrected chi connectivity index (χ0v) is 13.9. The SMILES string of the molecule is COc1ccccc1NC(=O)c1cccnc1Sc1ccccc1. The standard InChI is InChI=1S/C19H16N2O2S/c1-23-17-12-6-5-11-16(17)21-18(22)15-10-7-13-20-19(15)24-14-8-3-2-4-9-14/h2-13H,1H3,(H,21,22). The van der Waals surface area contributed by atoms with Crippen LogP contribution in [0, 0.1) is 0 Å². The monoisotopic (exact) mass is 336 g/mol. The minimum atomic E-state index is -0.217. The number of aromatic nitrogens is 1. The van der Waals surface area contributed by atoms with Crippen molar-refractivity contribution in [3.8, 4) is 5.75 Å². The quantitative estimate of drug-likeness (QED) is 0.745. The first kappa shape index (κ1) is 16.1. The van der Waals surface area contributed by atoms with E-state index < -0.39 is 0 Å². The Bertz CT molecular complexity index is 838. The zero-order valence-electron chi connectivity index (χ0n) is 13.1. The van der Waals surface area contributed by atoms with E-state index >= 15 is 0 Å². The van der Waals surface area contributed by atoms with Gasteiger partial charge in [0.25, 0.3) is 5.91 Å². The molecule has 0 radical (unpaired) electrons. The Morgan fingerprint density at radius 1 is 1.00 bits per heavy atom. The van der Waals surface area contributed by atoms with Crippen LogP contribution in [-0.2, 0) is 0 Å². The third-order valence-electron chi connectivity index (χ3n) is 3.33. The van der Waals surface area contributed by atoms with Crippen molar-refractivity contribution in [1.29, 1.82) is 0 Å². The number of pyridine rings is 1. The van der Waals surface area contributed by atoms with E-state index in [1.165, 1.54) is 11.8 Å². The lowest BCUT2D eigenvalue weighted by molar-refractivity contribution is 0.102. The number of benzene rings is 2. The summed E-state index contributed by atoms with van der Waals surface area (Å²) in [5.74, 6) is 0.401. The van der Waals surface area contributed by atoms with Crippen LogP contribution in [-0.4, -0.2) is 18.0 Å². The number of para-hydroxylation sites is 2. The van der Waals surface area contributed by atoms with E-state index in [0.717, 1.165) is 4.90 Å². The molecule has 4 nitrogen and oxygen atoms in total. The normalized spacial score (nSPS) is 10.2. The van der Waals surface area contributed by atoms with E-state index in [4.69, 9.17) is 4.74 Å². The molecule has 120 valence electrons. The average molecular weight is 336 g/mol. The van der Waals surface area contributed by atoms with Crippen LogP contribution >= 0.6 is 11.8 Å². The number of amides is 1. The predicted molar refractivity (Wildman–Crippen MR) is 95.7 cm³/mol. The second-order valence-electron chi connectivity index (χ2n) is 4.93. The molecule has 1 amide bonds. The van der Waals surface area contributed by atoms with Crippen LogP contribution in [0.5, 0.6) is 5.75 Å². The Morgan fingerprint density at radius 2 is 1.75 bits per heavy atom. The van der Waals surface area contributed by atoms with Gasteiger partial charge in [-0.3, -0.25) is 4.79 Å². The van der Waals surface area contributed by atoms with Gasteiger partial charge in [0.1, 0.15) is 10.8 Å². The van der Waals surface area contributed by atoms with Gasteiger partial charge < -0.3 is 10.1 Å². The number of nitrogens with zero attached hydrogens (tertiary/aromatic N) is 1. The Morgan fingerprint density at radius 3 is 2.54 bits per heavy atom. The Hall–Kier alpha value is -2.79. The van der Waals surface area contributed by atoms with E-state index in [-0.39, 0.29) is 5.91 Å². The third kappa shape index (κ3) is 3.75. The number of carbonyl (C=O) groups is 1. The van der Waals surface area contributed by atoms with E-state index in [1.54, 1.807) is 37.6 Å². The molecule has 0 bridgehead atoms. The summed E-state index contributed by atoms with van der Waals surface area (Å²) in [5.41, 5.74) is 1.15. The molecule has 0 saturated carbocycles. The topological polar surface area (TPSA) is 51.2 Å². The van der Waals surface area contributed by atoms with E-state index in [9.17, 15) is 4.79 Å². The molecule has 1 N–H and O–H groups in total. The summed E-state index contributed by atoms with van der Waals surface area (Å²) < 4.78 is 5.27. The number of carbonyl (C=O) groups excluding carboxylic acids is 1. The molecule has 0 aliphatic carbocycles. The van der Waals surface area contributed by atoms with Crippen molar-refractivity contribution in [2.45, 2.75) is 9.92 Å². The lowest BCUT2D eigenvalue weighted by Gasteiger charge is -2.11. The first-order chi connectivity index (χ1) is 11.8. The Labute approximate surface area is 144 Å². The molecule has 3 aromatic rings. The summed E-state index contributed by atoms with van der Waals surface area (Å²) in [4.78, 5) is 18.1. The first-order valence-corrected chi connectivity index (χ1v) is 8.22. The number of nitrogens with one attached hydrogen (secondary N) is 1. The van der Waals surface area contributed by atoms with Gasteiger partial charge in [0, 0.05) is 11.1 Å². The third-order valence-corrected chi connectivity index (χ3v) is 4.36. The summed E-state index contributed by atoms with van der Waals surface area (Å²) in [6, 6.07) is 20.7. The number of hydrogen-bond acceptors (Lipinski definition) is 4. The highest BCUT2D eigenvalue weighted by molar-refractivity contribution is 7.99. The molecule has 1 aromatic heterocycles. The van der Waals surface area contributed by atoms with Crippen molar-refractivity contribution in [3.05, 3.63) is 78.5 Å². The van der Waals surface area contributed by atoms with Crippen molar-refractivity contribution in [2.24, 2.45) is 0 Å². The van der Waals surface area contributed by atoms with Crippen LogP contribution < -0.4 is 10.1 Å². The highest BCUT2D eigenvalue weighted by Crippen LogP contribution is 2.30. The highest BCUT2D eigenvalue weighted by Gasteiger charge is 2.15. The summed E-state index contributed by atoms with van der Waals surface area (Å²) in [6.07, 6.45) is 1.69. The van der Waals surface area contributed by atoms with Crippen LogP contribution in [0.1, 0.15) is 10.4 Å². The van der Waals surface area contributed by atoms with E-state index in [1.807, 2.05) is 42.5 Å². The van der Waals surface area contributed by atoms with Crippen LogP contribution in [0.2, 0.25) is 0 Å². The number of methoxy groups -OCH3 is 1. The fourth-order valence-corrected chi connectivity index (χ4v) is 3.08. The molecule has 3 rings (SSSR count). The number of anilines is 1. The smallest absolute Gasteiger partial charge is 0.258 e. The second kappa shape index (κ2) is 7.66. The maximum Gasteiger partial charge on any atom is 0.258 e. The molecule has 24 heavy (non-hydrogen) atoms. The second-order valence-corrected chi connectivity index (χ2v) is 5.99. The molecule has 0 fully saturated rings. The van der Waals surface area contributed by atoms with Crippen LogP contribution in [0.15, 0.2) is 82.8 Å². The van der Waals surface area contributed by atoms with Crippen LogP contribution in [0.4, 0.5) is 5.69 Å². The van der Waals surface area contributed by atoms with Gasteiger partial charge >= 0.3 is 0 Å². The van der Waals surface area contributed by atoms with Gasteiger partial charge in [0.2, 0.25) is 0 Å². The van der Waals surface area contributed by atoms with Crippen molar-refractivity contribution in [1.82, 2.24) is 4.98 Å². The average Bonchev–Trinajstić information content (AvgIpc) is 2.63. The van der Waals surface area contributed by atoms with Crippen LogP contribution in [0.25, 0.3) is 0 Å². The van der Waals surface area contributed by atoms with Gasteiger partial charge in [-0.15, -0.1) is 0 Å². The molecular weight excluding hydrogens is 320 g/mol. The minimum Gasteiger partial charge on any atom is -0.495 e. The molecule has 0 saturated heterocycles. The summed E-state index contributed by atoms with van der Waals surface area (Å²) in [5, 5.41) is 3.55. The van der Waals surface area contributed by atoms with Gasteiger partial charge in [0.15, 0.2) is 0 Å². The molecule has 0 atom stereocenters. The Balaban J connectivity index is 1.85. The number of rotatable bonds is 5. The molecule has 0 aliphatic heterocycles. The predicted octanol–water partition coefficient (Wildman–Crippen LogP) is 4.49. The first-order valence-electron chi connectivity index (χ1n) is 7.40. The fraction of sp³-hybridized carbons (Fsp3) is 0.0526. The van der Waals surface area contributed by atoms with Gasteiger partial charge in [0.05, 0.1) is 18.4 Å². The van der Waals surface area contributed by atoms with E-state index in [2.05, 4.69) is 10.3 Å². The largest absolute Gasteiger partial charge is 0.495 e. The summed E-state index contributed by atoms with van der Waals surface area (Å²) in [7, 11) is 1.58. The summed E-state index contributed by atoms with van der Waals surface area (Å²) in [6.45, 7) is 0. The van der Waals surface area contributed by atoms with E-state index in [0.29, 0.717) is 22.0 Å². The number of ether oxygens (including phenoxy) is 1. The maximum absolute atomic E-state index is 12.7. The van der Waals surface area contributed by atoms with Crippen molar-refractivity contribution < 1.29 is 9.53 Å². The molecule has 0 unspecified atom stereocenters. The maximum atomic E-state index is 12.7. The summed E-state index contributed by atoms with van der Waals surface area (Å²) >= 11 is 1.46. The molecule has 1 heterocycles. The van der Waals surface area contributed by atoms with Gasteiger partial charge in [-0.2, -0.15) is 0 Å². The molecule has 0 spiro atoms.